The van der Waals surface area contributed by atoms with Gasteiger partial charge in [0.2, 0.25) is 0 Å². The molecule has 3 heteroatoms. The molecule has 19 heavy (non-hydrogen) atoms. The summed E-state index contributed by atoms with van der Waals surface area (Å²) in [6, 6.07) is 12.0. The first-order valence-corrected chi connectivity index (χ1v) is 6.11. The SMILES string of the molecule is C/C(=N\Oc1ccc(F)cc1)c1ccc(C)cc1C. The van der Waals surface area contributed by atoms with E-state index in [-0.39, 0.29) is 5.82 Å². The van der Waals surface area contributed by atoms with E-state index in [9.17, 15) is 4.39 Å². The first kappa shape index (κ1) is 13.3. The summed E-state index contributed by atoms with van der Waals surface area (Å²) in [5.41, 5.74) is 4.21. The van der Waals surface area contributed by atoms with Crippen molar-refractivity contribution in [3.63, 3.8) is 0 Å². The first-order valence-electron chi connectivity index (χ1n) is 6.11. The van der Waals surface area contributed by atoms with E-state index in [0.717, 1.165) is 16.8 Å². The number of benzene rings is 2. The summed E-state index contributed by atoms with van der Waals surface area (Å²) in [6.45, 7) is 5.98. The highest BCUT2D eigenvalue weighted by Crippen LogP contribution is 2.14. The molecule has 0 radical (unpaired) electrons. The van der Waals surface area contributed by atoms with Crippen molar-refractivity contribution in [2.45, 2.75) is 20.8 Å². The van der Waals surface area contributed by atoms with E-state index in [1.165, 1.54) is 17.7 Å². The predicted octanol–water partition coefficient (Wildman–Crippen LogP) is 4.25. The van der Waals surface area contributed by atoms with E-state index in [1.54, 1.807) is 12.1 Å². The van der Waals surface area contributed by atoms with Crippen LogP contribution in [-0.2, 0) is 0 Å². The minimum Gasteiger partial charge on any atom is -0.357 e. The number of nitrogens with zero attached hydrogens (tertiary/aromatic N) is 1. The number of halogens is 1. The Bertz CT molecular complexity index is 603. The zero-order chi connectivity index (χ0) is 13.8. The molecule has 0 aliphatic heterocycles. The van der Waals surface area contributed by atoms with Crippen LogP contribution in [-0.4, -0.2) is 5.71 Å². The van der Waals surface area contributed by atoms with E-state index in [1.807, 2.05) is 26.0 Å². The van der Waals surface area contributed by atoms with Gasteiger partial charge in [-0.05, 0) is 50.6 Å². The van der Waals surface area contributed by atoms with Crippen LogP contribution in [0.1, 0.15) is 23.6 Å². The van der Waals surface area contributed by atoms with Gasteiger partial charge in [-0.15, -0.1) is 0 Å². The van der Waals surface area contributed by atoms with Gasteiger partial charge in [-0.1, -0.05) is 28.9 Å². The van der Waals surface area contributed by atoms with Gasteiger partial charge in [0, 0.05) is 5.56 Å². The van der Waals surface area contributed by atoms with Crippen LogP contribution in [0.25, 0.3) is 0 Å². The Morgan fingerprint density at radius 1 is 1.05 bits per heavy atom. The molecule has 98 valence electrons. The van der Waals surface area contributed by atoms with Crippen molar-refractivity contribution in [3.05, 3.63) is 65.0 Å². The lowest BCUT2D eigenvalue weighted by atomic mass is 10.0. The van der Waals surface area contributed by atoms with Gasteiger partial charge in [0.1, 0.15) is 5.82 Å². The van der Waals surface area contributed by atoms with Crippen molar-refractivity contribution < 1.29 is 9.23 Å². The molecule has 2 aromatic rings. The standard InChI is InChI=1S/C16H16FNO/c1-11-4-9-16(12(2)10-11)13(3)18-19-15-7-5-14(17)6-8-15/h4-10H,1-3H3/b18-13+. The van der Waals surface area contributed by atoms with Gasteiger partial charge in [-0.3, -0.25) is 0 Å². The summed E-state index contributed by atoms with van der Waals surface area (Å²) in [5, 5.41) is 4.08. The molecule has 0 unspecified atom stereocenters. The van der Waals surface area contributed by atoms with Gasteiger partial charge >= 0.3 is 0 Å². The van der Waals surface area contributed by atoms with Crippen molar-refractivity contribution in [3.8, 4) is 5.75 Å². The highest BCUT2D eigenvalue weighted by Gasteiger charge is 2.03. The molecule has 0 N–H and O–H groups in total. The van der Waals surface area contributed by atoms with Crippen LogP contribution in [0.15, 0.2) is 47.6 Å². The minimum atomic E-state index is -0.289. The van der Waals surface area contributed by atoms with Crippen molar-refractivity contribution in [1.29, 1.82) is 0 Å². The van der Waals surface area contributed by atoms with E-state index in [4.69, 9.17) is 4.84 Å². The monoisotopic (exact) mass is 257 g/mol. The van der Waals surface area contributed by atoms with Gasteiger partial charge in [0.05, 0.1) is 5.71 Å². The molecule has 0 bridgehead atoms. The zero-order valence-electron chi connectivity index (χ0n) is 11.3. The second-order valence-corrected chi connectivity index (χ2v) is 4.54. The molecule has 2 nitrogen and oxygen atoms in total. The van der Waals surface area contributed by atoms with Crippen molar-refractivity contribution in [1.82, 2.24) is 0 Å². The lowest BCUT2D eigenvalue weighted by molar-refractivity contribution is 0.340. The summed E-state index contributed by atoms with van der Waals surface area (Å²) in [7, 11) is 0. The summed E-state index contributed by atoms with van der Waals surface area (Å²) in [5.74, 6) is 0.230. The first-order chi connectivity index (χ1) is 9.06. The maximum absolute atomic E-state index is 12.7. The fourth-order valence-corrected chi connectivity index (χ4v) is 1.89. The normalized spacial score (nSPS) is 11.5. The Morgan fingerprint density at radius 3 is 2.37 bits per heavy atom. The number of rotatable bonds is 3. The molecular formula is C16H16FNO. The third kappa shape index (κ3) is 3.41. The van der Waals surface area contributed by atoms with Crippen LogP contribution in [0.4, 0.5) is 4.39 Å². The fraction of sp³-hybridized carbons (Fsp3) is 0.188. The maximum atomic E-state index is 12.7. The average molecular weight is 257 g/mol. The summed E-state index contributed by atoms with van der Waals surface area (Å²) in [6.07, 6.45) is 0. The molecule has 0 aliphatic carbocycles. The third-order valence-corrected chi connectivity index (χ3v) is 2.87. The fourth-order valence-electron chi connectivity index (χ4n) is 1.89. The van der Waals surface area contributed by atoms with E-state index in [0.29, 0.717) is 5.75 Å². The molecule has 0 amide bonds. The summed E-state index contributed by atoms with van der Waals surface area (Å²) < 4.78 is 12.7. The number of hydrogen-bond acceptors (Lipinski definition) is 2. The van der Waals surface area contributed by atoms with Gasteiger partial charge in [0.25, 0.3) is 0 Å². The molecule has 0 heterocycles. The molecular weight excluding hydrogens is 241 g/mol. The number of aryl methyl sites for hydroxylation is 2. The minimum absolute atomic E-state index is 0.289. The van der Waals surface area contributed by atoms with Crippen molar-refractivity contribution in [2.24, 2.45) is 5.16 Å². The lowest BCUT2D eigenvalue weighted by Gasteiger charge is -2.06. The molecule has 0 atom stereocenters. The molecule has 0 spiro atoms. The Hall–Kier alpha value is -2.16. The van der Waals surface area contributed by atoms with E-state index < -0.39 is 0 Å². The number of hydrogen-bond donors (Lipinski definition) is 0. The van der Waals surface area contributed by atoms with Crippen LogP contribution in [0.3, 0.4) is 0 Å². The smallest absolute Gasteiger partial charge is 0.158 e. The summed E-state index contributed by atoms with van der Waals surface area (Å²) in [4.78, 5) is 5.28. The molecule has 0 saturated heterocycles. The highest BCUT2D eigenvalue weighted by molar-refractivity contribution is 5.99. The van der Waals surface area contributed by atoms with Gasteiger partial charge in [0.15, 0.2) is 5.75 Å². The van der Waals surface area contributed by atoms with Crippen LogP contribution in [0.2, 0.25) is 0 Å². The predicted molar refractivity (Wildman–Crippen MR) is 75.2 cm³/mol. The van der Waals surface area contributed by atoms with Crippen LogP contribution in [0, 0.1) is 19.7 Å². The van der Waals surface area contributed by atoms with Crippen LogP contribution >= 0.6 is 0 Å². The molecule has 0 fully saturated rings. The molecule has 0 aliphatic rings. The second-order valence-electron chi connectivity index (χ2n) is 4.54. The Morgan fingerprint density at radius 2 is 1.74 bits per heavy atom. The third-order valence-electron chi connectivity index (χ3n) is 2.87. The van der Waals surface area contributed by atoms with E-state index in [2.05, 4.69) is 18.1 Å². The zero-order valence-corrected chi connectivity index (χ0v) is 11.3. The molecule has 2 aromatic carbocycles. The maximum Gasteiger partial charge on any atom is 0.158 e. The Labute approximate surface area is 112 Å². The van der Waals surface area contributed by atoms with Gasteiger partial charge in [-0.2, -0.15) is 0 Å². The van der Waals surface area contributed by atoms with Crippen molar-refractivity contribution in [2.75, 3.05) is 0 Å². The molecule has 0 aromatic heterocycles. The van der Waals surface area contributed by atoms with E-state index >= 15 is 0 Å². The van der Waals surface area contributed by atoms with Crippen molar-refractivity contribution >= 4 is 5.71 Å². The quantitative estimate of drug-likeness (QED) is 0.595. The Kier molecular flexibility index (Phi) is 3.95. The second kappa shape index (κ2) is 5.65. The number of oxime groups is 1. The topological polar surface area (TPSA) is 21.6 Å². The molecule has 0 saturated carbocycles. The summed E-state index contributed by atoms with van der Waals surface area (Å²) >= 11 is 0. The Balaban J connectivity index is 2.16. The lowest BCUT2D eigenvalue weighted by Crippen LogP contribution is -2.00. The largest absolute Gasteiger partial charge is 0.357 e. The highest BCUT2D eigenvalue weighted by atomic mass is 19.1. The van der Waals surface area contributed by atoms with Crippen LogP contribution < -0.4 is 4.84 Å². The van der Waals surface area contributed by atoms with Gasteiger partial charge in [-0.25, -0.2) is 4.39 Å². The average Bonchev–Trinajstić information content (AvgIpc) is 2.37. The molecule has 2 rings (SSSR count). The van der Waals surface area contributed by atoms with Gasteiger partial charge < -0.3 is 4.84 Å². The van der Waals surface area contributed by atoms with Crippen LogP contribution in [0.5, 0.6) is 5.75 Å².